The predicted octanol–water partition coefficient (Wildman–Crippen LogP) is 7.31. The Morgan fingerprint density at radius 1 is 0.956 bits per heavy atom. The van der Waals surface area contributed by atoms with Crippen LogP contribution in [0.3, 0.4) is 0 Å². The number of aromatic nitrogens is 1. The molecule has 45 heavy (non-hydrogen) atoms. The molecular weight excluding hydrogens is 631 g/mol. The van der Waals surface area contributed by atoms with E-state index in [-0.39, 0.29) is 17.3 Å². The fourth-order valence-electron chi connectivity index (χ4n) is 4.02. The van der Waals surface area contributed by atoms with Gasteiger partial charge in [-0.2, -0.15) is 11.3 Å². The molecule has 0 fully saturated rings. The number of nitrogens with one attached hydrogen (secondary N) is 3. The minimum atomic E-state index is -0.514. The highest BCUT2D eigenvalue weighted by molar-refractivity contribution is 8.00. The normalized spacial score (nSPS) is 11.8. The van der Waals surface area contributed by atoms with Gasteiger partial charge in [-0.05, 0) is 65.7 Å². The summed E-state index contributed by atoms with van der Waals surface area (Å²) in [4.78, 5) is 54.9. The van der Waals surface area contributed by atoms with Crippen molar-refractivity contribution in [3.8, 4) is 11.3 Å². The smallest absolute Gasteiger partial charge is 0.272 e. The molecule has 0 saturated carbocycles. The van der Waals surface area contributed by atoms with Gasteiger partial charge in [0.2, 0.25) is 5.91 Å². The molecule has 0 bridgehead atoms. The molecule has 2 heterocycles. The molecule has 5 aromatic rings. The maximum absolute atomic E-state index is 13.3. The van der Waals surface area contributed by atoms with Crippen molar-refractivity contribution in [3.63, 3.8) is 0 Å². The molecule has 10 nitrogen and oxygen atoms in total. The van der Waals surface area contributed by atoms with Gasteiger partial charge in [0.25, 0.3) is 17.5 Å². The lowest BCUT2D eigenvalue weighted by atomic mass is 10.1. The number of rotatable bonds is 11. The number of thiazole rings is 1. The second-order valence-corrected chi connectivity index (χ2v) is 12.6. The predicted molar refractivity (Wildman–Crippen MR) is 179 cm³/mol. The van der Waals surface area contributed by atoms with E-state index in [0.717, 1.165) is 10.5 Å². The number of non-ortho nitro benzene ring substituents is 1. The Morgan fingerprint density at radius 2 is 1.76 bits per heavy atom. The number of nitro groups is 1. The molecule has 3 amide bonds. The third kappa shape index (κ3) is 8.50. The zero-order valence-corrected chi connectivity index (χ0v) is 26.1. The Hall–Kier alpha value is -5.11. The fourth-order valence-corrected chi connectivity index (χ4v) is 6.29. The van der Waals surface area contributed by atoms with Crippen LogP contribution in [0, 0.1) is 10.1 Å². The summed E-state index contributed by atoms with van der Waals surface area (Å²) in [6.45, 7) is 1.75. The van der Waals surface area contributed by atoms with E-state index in [1.807, 2.05) is 22.9 Å². The third-order valence-electron chi connectivity index (χ3n) is 6.24. The molecule has 2 aromatic heterocycles. The first-order valence-corrected chi connectivity index (χ1v) is 16.1. The number of carbonyl (C=O) groups excluding carboxylic acids is 3. The lowest BCUT2D eigenvalue weighted by Gasteiger charge is -2.13. The zero-order chi connectivity index (χ0) is 31.8. The van der Waals surface area contributed by atoms with Gasteiger partial charge < -0.3 is 16.0 Å². The number of nitrogens with zero attached hydrogens (tertiary/aromatic N) is 2. The first kappa shape index (κ1) is 31.3. The summed E-state index contributed by atoms with van der Waals surface area (Å²) in [6, 6.07) is 23.7. The highest BCUT2D eigenvalue weighted by Gasteiger charge is 2.19. The largest absolute Gasteiger partial charge is 0.321 e. The second-order valence-electron chi connectivity index (χ2n) is 9.51. The number of benzene rings is 3. The summed E-state index contributed by atoms with van der Waals surface area (Å²) in [5.74, 6) is -1.19. The number of thioether (sulfide) groups is 1. The minimum absolute atomic E-state index is 0.0406. The summed E-state index contributed by atoms with van der Waals surface area (Å²) in [6.07, 6.45) is 1.61. The first-order chi connectivity index (χ1) is 21.7. The number of hydrogen-bond donors (Lipinski definition) is 3. The maximum Gasteiger partial charge on any atom is 0.272 e. The Labute approximate surface area is 270 Å². The zero-order valence-electron chi connectivity index (χ0n) is 23.6. The van der Waals surface area contributed by atoms with Gasteiger partial charge >= 0.3 is 0 Å². The van der Waals surface area contributed by atoms with E-state index >= 15 is 0 Å². The average molecular weight is 656 g/mol. The highest BCUT2D eigenvalue weighted by atomic mass is 32.2. The van der Waals surface area contributed by atoms with Crippen LogP contribution in [-0.4, -0.2) is 32.9 Å². The summed E-state index contributed by atoms with van der Waals surface area (Å²) in [7, 11) is 0. The molecule has 0 aliphatic heterocycles. The average Bonchev–Trinajstić information content (AvgIpc) is 3.74. The fraction of sp³-hybridized carbons (Fsp3) is 0.0625. The van der Waals surface area contributed by atoms with Crippen LogP contribution in [0.2, 0.25) is 0 Å². The molecule has 3 aromatic carbocycles. The van der Waals surface area contributed by atoms with Gasteiger partial charge in [0.15, 0.2) is 5.13 Å². The van der Waals surface area contributed by atoms with Crippen molar-refractivity contribution in [2.75, 3.05) is 10.6 Å². The molecule has 226 valence electrons. The quantitative estimate of drug-likeness (QED) is 0.0586. The lowest BCUT2D eigenvalue weighted by molar-refractivity contribution is -0.384. The third-order valence-corrected chi connectivity index (χ3v) is 8.80. The van der Waals surface area contributed by atoms with Crippen LogP contribution < -0.4 is 16.0 Å². The number of anilines is 2. The minimum Gasteiger partial charge on any atom is -0.321 e. The van der Waals surface area contributed by atoms with E-state index in [0.29, 0.717) is 27.6 Å². The Kier molecular flexibility index (Phi) is 10.1. The van der Waals surface area contributed by atoms with Gasteiger partial charge in [-0.15, -0.1) is 23.1 Å². The molecule has 1 atom stereocenters. The van der Waals surface area contributed by atoms with Crippen LogP contribution >= 0.6 is 34.4 Å². The monoisotopic (exact) mass is 655 g/mol. The molecule has 13 heteroatoms. The molecule has 0 radical (unpaired) electrons. The van der Waals surface area contributed by atoms with Crippen molar-refractivity contribution in [1.29, 1.82) is 0 Å². The second kappa shape index (κ2) is 14.6. The van der Waals surface area contributed by atoms with Crippen molar-refractivity contribution in [2.45, 2.75) is 17.1 Å². The van der Waals surface area contributed by atoms with E-state index in [1.54, 1.807) is 79.0 Å². The molecule has 0 saturated heterocycles. The van der Waals surface area contributed by atoms with Crippen molar-refractivity contribution < 1.29 is 19.3 Å². The molecule has 0 aliphatic rings. The van der Waals surface area contributed by atoms with Crippen LogP contribution in [0.5, 0.6) is 0 Å². The SMILES string of the molecule is CC(Sc1cccc(NC(=O)/C(=C/c2ccsc2)NC(=O)c2ccccc2)c1)C(=O)Nc1nc(-c2cccc([N+](=O)[O-])c2)cs1. The Balaban J connectivity index is 1.22. The lowest BCUT2D eigenvalue weighted by Crippen LogP contribution is -2.30. The van der Waals surface area contributed by atoms with E-state index in [9.17, 15) is 24.5 Å². The number of amides is 3. The number of thiophene rings is 1. The highest BCUT2D eigenvalue weighted by Crippen LogP contribution is 2.30. The Morgan fingerprint density at radius 3 is 2.51 bits per heavy atom. The molecule has 1 unspecified atom stereocenters. The molecule has 0 spiro atoms. The van der Waals surface area contributed by atoms with Gasteiger partial charge in [-0.1, -0.05) is 36.4 Å². The molecule has 0 aliphatic carbocycles. The van der Waals surface area contributed by atoms with Gasteiger partial charge in [-0.3, -0.25) is 24.5 Å². The van der Waals surface area contributed by atoms with Crippen LogP contribution in [-0.2, 0) is 9.59 Å². The summed E-state index contributed by atoms with van der Waals surface area (Å²) >= 11 is 3.99. The summed E-state index contributed by atoms with van der Waals surface area (Å²) in [5.41, 5.74) is 2.84. The summed E-state index contributed by atoms with van der Waals surface area (Å²) < 4.78 is 0. The van der Waals surface area contributed by atoms with Gasteiger partial charge in [0, 0.05) is 39.2 Å². The van der Waals surface area contributed by atoms with Crippen molar-refractivity contribution in [1.82, 2.24) is 10.3 Å². The van der Waals surface area contributed by atoms with E-state index in [2.05, 4.69) is 20.9 Å². The summed E-state index contributed by atoms with van der Waals surface area (Å²) in [5, 5.41) is 24.8. The van der Waals surface area contributed by atoms with E-state index in [4.69, 9.17) is 0 Å². The van der Waals surface area contributed by atoms with Crippen molar-refractivity contribution in [2.24, 2.45) is 0 Å². The van der Waals surface area contributed by atoms with Crippen LogP contribution in [0.1, 0.15) is 22.8 Å². The number of carbonyl (C=O) groups is 3. The van der Waals surface area contributed by atoms with Gasteiger partial charge in [0.1, 0.15) is 5.70 Å². The number of hydrogen-bond acceptors (Lipinski definition) is 9. The van der Waals surface area contributed by atoms with Crippen LogP contribution in [0.15, 0.2) is 112 Å². The van der Waals surface area contributed by atoms with Crippen molar-refractivity contribution >= 4 is 74.7 Å². The van der Waals surface area contributed by atoms with Crippen LogP contribution in [0.4, 0.5) is 16.5 Å². The van der Waals surface area contributed by atoms with Crippen molar-refractivity contribution in [3.05, 3.63) is 128 Å². The number of nitro benzene ring substituents is 1. The molecular formula is C32H25N5O5S3. The maximum atomic E-state index is 13.3. The molecule has 3 N–H and O–H groups in total. The van der Waals surface area contributed by atoms with E-state index < -0.39 is 22.0 Å². The van der Waals surface area contributed by atoms with Crippen LogP contribution in [0.25, 0.3) is 17.3 Å². The first-order valence-electron chi connectivity index (χ1n) is 13.4. The Bertz CT molecular complexity index is 1870. The topological polar surface area (TPSA) is 143 Å². The standard InChI is InChI=1S/C32H25N5O5S3/c1-20(29(38)36-32-35-28(19-44-32)23-9-5-11-25(16-23)37(41)42)45-26-12-6-10-24(17-26)33-31(40)27(15-21-13-14-43-18-21)34-30(39)22-7-3-2-4-8-22/h2-20H,1H3,(H,33,40)(H,34,39)(H,35,36,38)/b27-15-. The molecule has 5 rings (SSSR count). The van der Waals surface area contributed by atoms with Gasteiger partial charge in [-0.25, -0.2) is 4.98 Å². The van der Waals surface area contributed by atoms with Gasteiger partial charge in [0.05, 0.1) is 15.9 Å². The van der Waals surface area contributed by atoms with E-state index in [1.165, 1.54) is 46.6 Å².